The van der Waals surface area contributed by atoms with Gasteiger partial charge in [-0.15, -0.1) is 0 Å². The standard InChI is InChI=1S/C23H43N5O10S/c1-39(32,33)20-21(38-23(31)26-9-5-11-29)6-3-2-4-8-25-22(30)7-12-34-14-16-36-18-19-37-17-15-35-13-10-27-28-24/h11,21H,2-10,12-20H2,1H3,(H,25,30)(H,26,31). The number of ether oxygens (including phenoxy) is 5. The lowest BCUT2D eigenvalue weighted by atomic mass is 10.1. The number of sulfone groups is 1. The Hall–Kier alpha value is -2.49. The summed E-state index contributed by atoms with van der Waals surface area (Å²) in [6.45, 7) is 3.96. The van der Waals surface area contributed by atoms with Crippen molar-refractivity contribution in [3.05, 3.63) is 10.4 Å². The first-order valence-corrected chi connectivity index (χ1v) is 15.0. The second-order valence-electron chi connectivity index (χ2n) is 8.36. The van der Waals surface area contributed by atoms with Gasteiger partial charge >= 0.3 is 6.09 Å². The van der Waals surface area contributed by atoms with Crippen LogP contribution in [0.15, 0.2) is 5.11 Å². The van der Waals surface area contributed by atoms with Crippen molar-refractivity contribution >= 4 is 28.1 Å². The molecule has 0 radical (unpaired) electrons. The molecule has 2 amide bonds. The monoisotopic (exact) mass is 581 g/mol. The molecule has 39 heavy (non-hydrogen) atoms. The predicted octanol–water partition coefficient (Wildman–Crippen LogP) is 1.16. The Kier molecular flexibility index (Phi) is 24.1. The van der Waals surface area contributed by atoms with E-state index >= 15 is 0 Å². The smallest absolute Gasteiger partial charge is 0.407 e. The third kappa shape index (κ3) is 28.3. The van der Waals surface area contributed by atoms with Gasteiger partial charge < -0.3 is 39.1 Å². The van der Waals surface area contributed by atoms with Gasteiger partial charge in [0.2, 0.25) is 5.91 Å². The zero-order valence-electron chi connectivity index (χ0n) is 22.7. The molecule has 16 heteroatoms. The molecular weight excluding hydrogens is 538 g/mol. The maximum atomic E-state index is 11.9. The van der Waals surface area contributed by atoms with Crippen LogP contribution < -0.4 is 10.6 Å². The summed E-state index contributed by atoms with van der Waals surface area (Å²) in [4.78, 5) is 36.6. The first-order valence-electron chi connectivity index (χ1n) is 12.9. The summed E-state index contributed by atoms with van der Waals surface area (Å²) in [6.07, 6.45) is 3.00. The zero-order chi connectivity index (χ0) is 29.0. The van der Waals surface area contributed by atoms with E-state index in [0.29, 0.717) is 84.9 Å². The Bertz CT molecular complexity index is 809. The van der Waals surface area contributed by atoms with Gasteiger partial charge in [0.15, 0.2) is 9.84 Å². The van der Waals surface area contributed by atoms with Crippen molar-refractivity contribution in [2.24, 2.45) is 5.11 Å². The van der Waals surface area contributed by atoms with Crippen molar-refractivity contribution in [1.29, 1.82) is 0 Å². The fourth-order valence-electron chi connectivity index (χ4n) is 3.01. The first kappa shape index (κ1) is 36.5. The summed E-state index contributed by atoms with van der Waals surface area (Å²) in [5.74, 6) is -0.405. The Labute approximate surface area is 230 Å². The Balaban J connectivity index is 3.67. The van der Waals surface area contributed by atoms with Gasteiger partial charge in [-0.1, -0.05) is 11.5 Å². The maximum Gasteiger partial charge on any atom is 0.407 e. The third-order valence-electron chi connectivity index (χ3n) is 4.81. The highest BCUT2D eigenvalue weighted by atomic mass is 32.2. The molecule has 0 saturated heterocycles. The summed E-state index contributed by atoms with van der Waals surface area (Å²) >= 11 is 0. The number of azide groups is 1. The molecule has 0 spiro atoms. The second-order valence-corrected chi connectivity index (χ2v) is 10.5. The molecule has 0 aliphatic carbocycles. The highest BCUT2D eigenvalue weighted by Gasteiger charge is 2.19. The molecule has 0 aliphatic rings. The molecule has 15 nitrogen and oxygen atoms in total. The number of aldehydes is 1. The van der Waals surface area contributed by atoms with E-state index in [1.165, 1.54) is 0 Å². The van der Waals surface area contributed by atoms with E-state index in [-0.39, 0.29) is 37.7 Å². The van der Waals surface area contributed by atoms with Crippen LogP contribution in [-0.2, 0) is 43.1 Å². The van der Waals surface area contributed by atoms with E-state index in [2.05, 4.69) is 20.7 Å². The molecule has 0 saturated carbocycles. The van der Waals surface area contributed by atoms with Gasteiger partial charge in [-0.3, -0.25) is 4.79 Å². The number of carbonyl (C=O) groups is 3. The van der Waals surface area contributed by atoms with Gasteiger partial charge in [0.25, 0.3) is 0 Å². The lowest BCUT2D eigenvalue weighted by Gasteiger charge is -2.17. The Morgan fingerprint density at radius 2 is 1.51 bits per heavy atom. The van der Waals surface area contributed by atoms with E-state index in [1.54, 1.807) is 0 Å². The van der Waals surface area contributed by atoms with E-state index in [1.807, 2.05) is 0 Å². The summed E-state index contributed by atoms with van der Waals surface area (Å²) in [7, 11) is -3.34. The van der Waals surface area contributed by atoms with Gasteiger partial charge in [0.05, 0.1) is 58.6 Å². The molecule has 226 valence electrons. The van der Waals surface area contributed by atoms with Gasteiger partial charge in [-0.25, -0.2) is 13.2 Å². The van der Waals surface area contributed by atoms with E-state index in [4.69, 9.17) is 29.2 Å². The molecule has 2 N–H and O–H groups in total. The van der Waals surface area contributed by atoms with Crippen molar-refractivity contribution in [3.63, 3.8) is 0 Å². The van der Waals surface area contributed by atoms with Crippen molar-refractivity contribution in [3.8, 4) is 0 Å². The highest BCUT2D eigenvalue weighted by molar-refractivity contribution is 7.90. The van der Waals surface area contributed by atoms with Crippen LogP contribution in [0.4, 0.5) is 4.79 Å². The van der Waals surface area contributed by atoms with Gasteiger partial charge in [0, 0.05) is 43.6 Å². The van der Waals surface area contributed by atoms with Crippen LogP contribution in [0.25, 0.3) is 10.4 Å². The fraction of sp³-hybridized carbons (Fsp3) is 0.870. The SMILES string of the molecule is CS(=O)(=O)CC(CCCCCNC(=O)CCOCCOCCOCCOCCN=[N+]=[N-])OC(=O)NCCC=O. The van der Waals surface area contributed by atoms with Crippen LogP contribution in [0.2, 0.25) is 0 Å². The van der Waals surface area contributed by atoms with Crippen LogP contribution in [0.3, 0.4) is 0 Å². The molecule has 0 heterocycles. The van der Waals surface area contributed by atoms with Crippen LogP contribution in [0.5, 0.6) is 0 Å². The molecule has 0 bridgehead atoms. The summed E-state index contributed by atoms with van der Waals surface area (Å²) in [6, 6.07) is 0. The highest BCUT2D eigenvalue weighted by Crippen LogP contribution is 2.10. The van der Waals surface area contributed by atoms with Crippen molar-refractivity contribution in [1.82, 2.24) is 10.6 Å². The number of amides is 2. The number of rotatable bonds is 27. The van der Waals surface area contributed by atoms with E-state index in [0.717, 1.165) is 12.7 Å². The minimum absolute atomic E-state index is 0.128. The molecule has 0 fully saturated rings. The van der Waals surface area contributed by atoms with Crippen LogP contribution in [0.1, 0.15) is 38.5 Å². The predicted molar refractivity (Wildman–Crippen MR) is 142 cm³/mol. The van der Waals surface area contributed by atoms with Crippen molar-refractivity contribution < 1.29 is 46.5 Å². The van der Waals surface area contributed by atoms with E-state index < -0.39 is 22.0 Å². The van der Waals surface area contributed by atoms with Crippen LogP contribution in [0, 0.1) is 0 Å². The molecule has 0 aromatic rings. The number of unbranched alkanes of at least 4 members (excludes halogenated alkanes) is 2. The molecule has 1 unspecified atom stereocenters. The van der Waals surface area contributed by atoms with Gasteiger partial charge in [-0.05, 0) is 24.8 Å². The minimum Gasteiger partial charge on any atom is -0.445 e. The molecule has 1 atom stereocenters. The number of nitrogens with zero attached hydrogens (tertiary/aromatic N) is 3. The minimum atomic E-state index is -3.34. The lowest BCUT2D eigenvalue weighted by molar-refractivity contribution is -0.122. The Morgan fingerprint density at radius 3 is 2.10 bits per heavy atom. The normalized spacial score (nSPS) is 11.8. The topological polar surface area (TPSA) is 204 Å². The van der Waals surface area contributed by atoms with Crippen molar-refractivity contribution in [2.75, 3.05) is 84.5 Å². The molecular formula is C23H43N5O10S. The number of nitrogens with one attached hydrogen (secondary N) is 2. The fourth-order valence-corrected chi connectivity index (χ4v) is 3.92. The van der Waals surface area contributed by atoms with Gasteiger partial charge in [-0.2, -0.15) is 0 Å². The molecule has 0 aromatic carbocycles. The molecule has 0 rings (SSSR count). The number of alkyl carbamates (subject to hydrolysis) is 1. The summed E-state index contributed by atoms with van der Waals surface area (Å²) in [5, 5.41) is 8.55. The first-order chi connectivity index (χ1) is 18.8. The number of carbonyl (C=O) groups excluding carboxylic acids is 3. The maximum absolute atomic E-state index is 11.9. The number of hydrogen-bond donors (Lipinski definition) is 2. The van der Waals surface area contributed by atoms with Crippen molar-refractivity contribution in [2.45, 2.75) is 44.6 Å². The average molecular weight is 582 g/mol. The average Bonchev–Trinajstić information content (AvgIpc) is 2.87. The van der Waals surface area contributed by atoms with Crippen LogP contribution >= 0.6 is 0 Å². The van der Waals surface area contributed by atoms with E-state index in [9.17, 15) is 22.8 Å². The lowest BCUT2D eigenvalue weighted by Crippen LogP contribution is -2.33. The summed E-state index contributed by atoms with van der Waals surface area (Å²) in [5.41, 5.74) is 8.12. The Morgan fingerprint density at radius 1 is 0.897 bits per heavy atom. The van der Waals surface area contributed by atoms with Crippen LogP contribution in [-0.4, -0.2) is 117 Å². The molecule has 0 aliphatic heterocycles. The molecule has 0 aromatic heterocycles. The quantitative estimate of drug-likeness (QED) is 0.0465. The third-order valence-corrected chi connectivity index (χ3v) is 5.78. The second kappa shape index (κ2) is 25.8. The zero-order valence-corrected chi connectivity index (χ0v) is 23.5. The van der Waals surface area contributed by atoms with Gasteiger partial charge in [0.1, 0.15) is 12.4 Å². The largest absolute Gasteiger partial charge is 0.445 e. The summed E-state index contributed by atoms with van der Waals surface area (Å²) < 4.78 is 49.6. The number of hydrogen-bond acceptors (Lipinski definition) is 11.